The molecule has 0 spiro atoms. The van der Waals surface area contributed by atoms with Gasteiger partial charge in [0, 0.05) is 18.7 Å². The molecule has 0 saturated carbocycles. The molecule has 1 amide bonds. The Balaban J connectivity index is 2.10. The average Bonchev–Trinajstić information content (AvgIpc) is 2.34. The lowest BCUT2D eigenvalue weighted by Gasteiger charge is -2.33. The number of hydrogen-bond donors (Lipinski definition) is 1. The number of carboxylic acid groups (broad SMARTS) is 1. The van der Waals surface area contributed by atoms with Crippen molar-refractivity contribution in [3.63, 3.8) is 0 Å². The Labute approximate surface area is 104 Å². The highest BCUT2D eigenvalue weighted by atomic mass is 16.6. The van der Waals surface area contributed by atoms with Gasteiger partial charge in [0.05, 0.1) is 25.3 Å². The second kappa shape index (κ2) is 5.48. The summed E-state index contributed by atoms with van der Waals surface area (Å²) in [7, 11) is 0. The molecule has 1 atom stereocenters. The second-order valence-corrected chi connectivity index (χ2v) is 4.10. The number of aliphatic carboxylic acids is 1. The van der Waals surface area contributed by atoms with E-state index in [1.165, 1.54) is 4.90 Å². The van der Waals surface area contributed by atoms with Crippen LogP contribution in [0.5, 0.6) is 0 Å². The van der Waals surface area contributed by atoms with Gasteiger partial charge in [0.1, 0.15) is 0 Å². The molecule has 2 rings (SSSR count). The van der Waals surface area contributed by atoms with Crippen molar-refractivity contribution in [2.45, 2.75) is 25.4 Å². The Morgan fingerprint density at radius 3 is 3.06 bits per heavy atom. The third kappa shape index (κ3) is 2.97. The number of ether oxygens (including phenoxy) is 1. The quantitative estimate of drug-likeness (QED) is 0.870. The maximum Gasteiger partial charge on any atom is 0.410 e. The minimum Gasteiger partial charge on any atom is -0.481 e. The fraction of sp³-hybridized carbons (Fsp3) is 0.417. The van der Waals surface area contributed by atoms with Gasteiger partial charge >= 0.3 is 12.1 Å². The zero-order valence-corrected chi connectivity index (χ0v) is 9.78. The number of nitrogens with zero attached hydrogens (tertiary/aromatic N) is 2. The Morgan fingerprint density at radius 1 is 1.56 bits per heavy atom. The van der Waals surface area contributed by atoms with Gasteiger partial charge in [-0.25, -0.2) is 4.79 Å². The Kier molecular flexibility index (Phi) is 3.76. The predicted octanol–water partition coefficient (Wildman–Crippen LogP) is 1.27. The summed E-state index contributed by atoms with van der Waals surface area (Å²) >= 11 is 0. The van der Waals surface area contributed by atoms with Crippen molar-refractivity contribution >= 4 is 12.1 Å². The second-order valence-electron chi connectivity index (χ2n) is 4.10. The van der Waals surface area contributed by atoms with Crippen LogP contribution in [0.25, 0.3) is 0 Å². The van der Waals surface area contributed by atoms with Crippen LogP contribution in [0.3, 0.4) is 0 Å². The summed E-state index contributed by atoms with van der Waals surface area (Å²) in [6.45, 7) is 0.549. The molecule has 1 aromatic heterocycles. The topological polar surface area (TPSA) is 79.7 Å². The van der Waals surface area contributed by atoms with Crippen LogP contribution in [0.2, 0.25) is 0 Å². The number of cyclic esters (lactones) is 1. The maximum atomic E-state index is 11.7. The van der Waals surface area contributed by atoms with Gasteiger partial charge in [-0.1, -0.05) is 6.07 Å². The van der Waals surface area contributed by atoms with Gasteiger partial charge in [-0.05, 0) is 12.1 Å². The number of carbonyl (C=O) groups is 2. The molecule has 2 heterocycles. The van der Waals surface area contributed by atoms with E-state index < -0.39 is 12.1 Å². The normalized spacial score (nSPS) is 19.4. The fourth-order valence-electron chi connectivity index (χ4n) is 1.94. The van der Waals surface area contributed by atoms with Crippen molar-refractivity contribution in [2.75, 3.05) is 6.61 Å². The summed E-state index contributed by atoms with van der Waals surface area (Å²) in [6, 6.07) is 5.07. The summed E-state index contributed by atoms with van der Waals surface area (Å²) in [5.41, 5.74) is 0.715. The van der Waals surface area contributed by atoms with Gasteiger partial charge in [0.15, 0.2) is 0 Å². The van der Waals surface area contributed by atoms with E-state index in [9.17, 15) is 9.59 Å². The number of hydrogen-bond acceptors (Lipinski definition) is 4. The van der Waals surface area contributed by atoms with Crippen molar-refractivity contribution in [2.24, 2.45) is 0 Å². The minimum atomic E-state index is -0.916. The smallest absolute Gasteiger partial charge is 0.410 e. The standard InChI is InChI=1S/C12H14N2O4/c15-11(16)7-10-4-6-18-12(17)14(10)8-9-3-1-2-5-13-9/h1-3,5,10H,4,6-8H2,(H,15,16). The monoisotopic (exact) mass is 250 g/mol. The highest BCUT2D eigenvalue weighted by molar-refractivity contribution is 5.72. The Morgan fingerprint density at radius 2 is 2.39 bits per heavy atom. The molecule has 1 N–H and O–H groups in total. The summed E-state index contributed by atoms with van der Waals surface area (Å²) in [4.78, 5) is 28.0. The lowest BCUT2D eigenvalue weighted by molar-refractivity contribution is -0.138. The molecule has 0 bridgehead atoms. The van der Waals surface area contributed by atoms with Gasteiger partial charge in [-0.15, -0.1) is 0 Å². The zero-order chi connectivity index (χ0) is 13.0. The molecule has 1 unspecified atom stereocenters. The predicted molar refractivity (Wildman–Crippen MR) is 61.8 cm³/mol. The van der Waals surface area contributed by atoms with E-state index in [1.807, 2.05) is 6.07 Å². The number of carbonyl (C=O) groups excluding carboxylic acids is 1. The fourth-order valence-corrected chi connectivity index (χ4v) is 1.94. The molecule has 1 aliphatic heterocycles. The molecule has 1 saturated heterocycles. The number of aromatic nitrogens is 1. The molecule has 6 heteroatoms. The first kappa shape index (κ1) is 12.3. The molecule has 1 aromatic rings. The van der Waals surface area contributed by atoms with Crippen LogP contribution in [0.4, 0.5) is 4.79 Å². The van der Waals surface area contributed by atoms with Crippen molar-refractivity contribution in [3.05, 3.63) is 30.1 Å². The van der Waals surface area contributed by atoms with Crippen LogP contribution in [0, 0.1) is 0 Å². The maximum absolute atomic E-state index is 11.7. The lowest BCUT2D eigenvalue weighted by Crippen LogP contribution is -2.46. The van der Waals surface area contributed by atoms with E-state index in [-0.39, 0.29) is 25.6 Å². The van der Waals surface area contributed by atoms with Crippen LogP contribution in [-0.4, -0.2) is 39.7 Å². The molecule has 0 aromatic carbocycles. The van der Waals surface area contributed by atoms with E-state index in [2.05, 4.69) is 4.98 Å². The number of pyridine rings is 1. The summed E-state index contributed by atoms with van der Waals surface area (Å²) < 4.78 is 4.94. The Bertz CT molecular complexity index is 435. The van der Waals surface area contributed by atoms with E-state index in [4.69, 9.17) is 9.84 Å². The first-order valence-corrected chi connectivity index (χ1v) is 5.72. The van der Waals surface area contributed by atoms with Crippen molar-refractivity contribution in [1.29, 1.82) is 0 Å². The third-order valence-electron chi connectivity index (χ3n) is 2.82. The van der Waals surface area contributed by atoms with Gasteiger partial charge in [0.2, 0.25) is 0 Å². The van der Waals surface area contributed by atoms with Crippen LogP contribution in [0.15, 0.2) is 24.4 Å². The van der Waals surface area contributed by atoms with Crippen LogP contribution >= 0.6 is 0 Å². The summed E-state index contributed by atoms with van der Waals surface area (Å²) in [5, 5.41) is 8.84. The first-order valence-electron chi connectivity index (χ1n) is 5.72. The number of rotatable bonds is 4. The molecular weight excluding hydrogens is 236 g/mol. The molecule has 6 nitrogen and oxygen atoms in total. The molecule has 18 heavy (non-hydrogen) atoms. The first-order chi connectivity index (χ1) is 8.66. The Hall–Kier alpha value is -2.11. The van der Waals surface area contributed by atoms with Crippen molar-refractivity contribution in [1.82, 2.24) is 9.88 Å². The van der Waals surface area contributed by atoms with Crippen LogP contribution in [-0.2, 0) is 16.1 Å². The largest absolute Gasteiger partial charge is 0.481 e. The molecule has 0 aliphatic carbocycles. The van der Waals surface area contributed by atoms with Gasteiger partial charge < -0.3 is 9.84 Å². The molecule has 1 aliphatic rings. The molecule has 1 fully saturated rings. The van der Waals surface area contributed by atoms with Crippen LogP contribution < -0.4 is 0 Å². The third-order valence-corrected chi connectivity index (χ3v) is 2.82. The SMILES string of the molecule is O=C(O)CC1CCOC(=O)N1Cc1ccccn1. The lowest BCUT2D eigenvalue weighted by atomic mass is 10.1. The van der Waals surface area contributed by atoms with Gasteiger partial charge in [0.25, 0.3) is 0 Å². The highest BCUT2D eigenvalue weighted by Crippen LogP contribution is 2.19. The molecule has 96 valence electrons. The summed E-state index contributed by atoms with van der Waals surface area (Å²) in [6.07, 6.45) is 1.63. The van der Waals surface area contributed by atoms with Crippen molar-refractivity contribution < 1.29 is 19.4 Å². The highest BCUT2D eigenvalue weighted by Gasteiger charge is 2.31. The number of carboxylic acids is 1. The van der Waals surface area contributed by atoms with E-state index in [0.717, 1.165) is 0 Å². The van der Waals surface area contributed by atoms with E-state index in [0.29, 0.717) is 12.1 Å². The van der Waals surface area contributed by atoms with E-state index >= 15 is 0 Å². The minimum absolute atomic E-state index is 0.0675. The summed E-state index contributed by atoms with van der Waals surface area (Å²) in [5.74, 6) is -0.916. The van der Waals surface area contributed by atoms with Gasteiger partial charge in [-0.3, -0.25) is 14.7 Å². The zero-order valence-electron chi connectivity index (χ0n) is 9.78. The van der Waals surface area contributed by atoms with Gasteiger partial charge in [-0.2, -0.15) is 0 Å². The molecule has 0 radical (unpaired) electrons. The van der Waals surface area contributed by atoms with Crippen molar-refractivity contribution in [3.8, 4) is 0 Å². The van der Waals surface area contributed by atoms with E-state index in [1.54, 1.807) is 18.3 Å². The number of amides is 1. The average molecular weight is 250 g/mol. The van der Waals surface area contributed by atoms with Crippen LogP contribution in [0.1, 0.15) is 18.5 Å². The molecular formula is C12H14N2O4.